The zero-order valence-electron chi connectivity index (χ0n) is 7.84. The van der Waals surface area contributed by atoms with Gasteiger partial charge in [-0.2, -0.15) is 5.10 Å². The molecule has 0 atom stereocenters. The minimum absolute atomic E-state index is 0.108. The van der Waals surface area contributed by atoms with Crippen LogP contribution in [-0.2, 0) is 0 Å². The van der Waals surface area contributed by atoms with Gasteiger partial charge in [0.25, 0.3) is 0 Å². The molecule has 5 heteroatoms. The molecule has 0 bridgehead atoms. The second kappa shape index (κ2) is 4.09. The lowest BCUT2D eigenvalue weighted by molar-refractivity contribution is 0.627. The molecule has 15 heavy (non-hydrogen) atoms. The minimum atomic E-state index is -0.417. The van der Waals surface area contributed by atoms with Crippen LogP contribution in [0.3, 0.4) is 0 Å². The van der Waals surface area contributed by atoms with E-state index in [1.807, 2.05) is 13.0 Å². The second-order valence-corrected chi connectivity index (χ2v) is 4.63. The SMILES string of the molecule is Cc1cc(I)n(-c2ccc(F)c(Cl)c2)n1. The molecule has 2 rings (SSSR count). The quantitative estimate of drug-likeness (QED) is 0.728. The third-order valence-electron chi connectivity index (χ3n) is 1.94. The fourth-order valence-electron chi connectivity index (χ4n) is 1.27. The molecule has 0 unspecified atom stereocenters. The van der Waals surface area contributed by atoms with E-state index in [4.69, 9.17) is 11.6 Å². The van der Waals surface area contributed by atoms with Gasteiger partial charge in [0.1, 0.15) is 9.52 Å². The van der Waals surface area contributed by atoms with Crippen molar-refractivity contribution >= 4 is 34.2 Å². The third-order valence-corrected chi connectivity index (χ3v) is 2.99. The first-order valence-corrected chi connectivity index (χ1v) is 5.71. The molecule has 2 nitrogen and oxygen atoms in total. The maximum absolute atomic E-state index is 13.0. The number of nitrogens with zero attached hydrogens (tertiary/aromatic N) is 2. The molecule has 78 valence electrons. The molecule has 0 saturated carbocycles. The highest BCUT2D eigenvalue weighted by Crippen LogP contribution is 2.20. The monoisotopic (exact) mass is 336 g/mol. The Morgan fingerprint density at radius 2 is 2.13 bits per heavy atom. The van der Waals surface area contributed by atoms with Gasteiger partial charge in [-0.1, -0.05) is 11.6 Å². The van der Waals surface area contributed by atoms with E-state index >= 15 is 0 Å². The Kier molecular flexibility index (Phi) is 2.97. The Balaban J connectivity index is 2.54. The first-order valence-electron chi connectivity index (χ1n) is 4.25. The number of hydrogen-bond donors (Lipinski definition) is 0. The lowest BCUT2D eigenvalue weighted by Crippen LogP contribution is -1.99. The van der Waals surface area contributed by atoms with E-state index in [9.17, 15) is 4.39 Å². The summed E-state index contributed by atoms with van der Waals surface area (Å²) in [6.45, 7) is 1.91. The van der Waals surface area contributed by atoms with Crippen LogP contribution in [0.5, 0.6) is 0 Å². The van der Waals surface area contributed by atoms with Gasteiger partial charge in [-0.05, 0) is 53.8 Å². The molecule has 0 saturated heterocycles. The predicted molar refractivity (Wildman–Crippen MR) is 66.0 cm³/mol. The Morgan fingerprint density at radius 3 is 2.67 bits per heavy atom. The molecular weight excluding hydrogens is 329 g/mol. The largest absolute Gasteiger partial charge is 0.227 e. The number of rotatable bonds is 1. The summed E-state index contributed by atoms with van der Waals surface area (Å²) in [6.07, 6.45) is 0. The Labute approximate surface area is 105 Å². The average molecular weight is 337 g/mol. The summed E-state index contributed by atoms with van der Waals surface area (Å²) in [6, 6.07) is 6.49. The van der Waals surface area contributed by atoms with Crippen molar-refractivity contribution < 1.29 is 4.39 Å². The molecule has 0 N–H and O–H groups in total. The van der Waals surface area contributed by atoms with Crippen molar-refractivity contribution in [2.45, 2.75) is 6.92 Å². The lowest BCUT2D eigenvalue weighted by atomic mass is 10.3. The first kappa shape index (κ1) is 10.9. The van der Waals surface area contributed by atoms with Gasteiger partial charge >= 0.3 is 0 Å². The highest BCUT2D eigenvalue weighted by atomic mass is 127. The summed E-state index contributed by atoms with van der Waals surface area (Å²) >= 11 is 7.87. The maximum atomic E-state index is 13.0. The summed E-state index contributed by atoms with van der Waals surface area (Å²) in [4.78, 5) is 0. The van der Waals surface area contributed by atoms with Crippen LogP contribution in [0, 0.1) is 16.4 Å². The summed E-state index contributed by atoms with van der Waals surface area (Å²) in [5.41, 5.74) is 1.68. The molecule has 0 radical (unpaired) electrons. The molecule has 2 aromatic rings. The van der Waals surface area contributed by atoms with Gasteiger partial charge < -0.3 is 0 Å². The van der Waals surface area contributed by atoms with Crippen LogP contribution in [0.25, 0.3) is 5.69 Å². The summed E-state index contributed by atoms with van der Waals surface area (Å²) < 4.78 is 15.6. The van der Waals surface area contributed by atoms with Crippen LogP contribution in [0.15, 0.2) is 24.3 Å². The van der Waals surface area contributed by atoms with Gasteiger partial charge in [-0.3, -0.25) is 0 Å². The average Bonchev–Trinajstić information content (AvgIpc) is 2.50. The Morgan fingerprint density at radius 1 is 1.40 bits per heavy atom. The predicted octanol–water partition coefficient (Wildman–Crippen LogP) is 3.58. The standard InChI is InChI=1S/C10H7ClFIN2/c1-6-4-10(13)15(14-6)7-2-3-9(12)8(11)5-7/h2-5H,1H3. The van der Waals surface area contributed by atoms with Crippen molar-refractivity contribution in [2.75, 3.05) is 0 Å². The number of halogens is 3. The van der Waals surface area contributed by atoms with Crippen LogP contribution in [0.2, 0.25) is 5.02 Å². The molecule has 0 spiro atoms. The zero-order valence-corrected chi connectivity index (χ0v) is 10.8. The molecular formula is C10H7ClFIN2. The number of aromatic nitrogens is 2. The van der Waals surface area contributed by atoms with E-state index in [1.54, 1.807) is 16.8 Å². The van der Waals surface area contributed by atoms with Crippen molar-refractivity contribution in [3.05, 3.63) is 44.5 Å². The van der Waals surface area contributed by atoms with Gasteiger partial charge in [0, 0.05) is 0 Å². The van der Waals surface area contributed by atoms with E-state index in [0.29, 0.717) is 0 Å². The highest BCUT2D eigenvalue weighted by Gasteiger charge is 2.07. The van der Waals surface area contributed by atoms with Gasteiger partial charge in [0.15, 0.2) is 0 Å². The van der Waals surface area contributed by atoms with Crippen LogP contribution < -0.4 is 0 Å². The first-order chi connectivity index (χ1) is 7.08. The van der Waals surface area contributed by atoms with E-state index in [0.717, 1.165) is 15.1 Å². The topological polar surface area (TPSA) is 17.8 Å². The summed E-state index contributed by atoms with van der Waals surface area (Å²) in [5, 5.41) is 4.39. The van der Waals surface area contributed by atoms with Crippen LogP contribution >= 0.6 is 34.2 Å². The van der Waals surface area contributed by atoms with E-state index in [1.165, 1.54) is 6.07 Å². The molecule has 0 aliphatic heterocycles. The van der Waals surface area contributed by atoms with Crippen LogP contribution in [-0.4, -0.2) is 9.78 Å². The molecule has 1 heterocycles. The molecule has 1 aromatic carbocycles. The summed E-state index contributed by atoms with van der Waals surface area (Å²) in [7, 11) is 0. The number of aryl methyl sites for hydroxylation is 1. The third kappa shape index (κ3) is 2.15. The minimum Gasteiger partial charge on any atom is -0.227 e. The fraction of sp³-hybridized carbons (Fsp3) is 0.100. The molecule has 0 aliphatic rings. The normalized spacial score (nSPS) is 10.7. The zero-order chi connectivity index (χ0) is 11.0. The summed E-state index contributed by atoms with van der Waals surface area (Å²) in [5.74, 6) is -0.417. The Bertz CT molecular complexity index is 510. The number of hydrogen-bond acceptors (Lipinski definition) is 1. The molecule has 0 fully saturated rings. The van der Waals surface area contributed by atoms with Crippen molar-refractivity contribution in [2.24, 2.45) is 0 Å². The second-order valence-electron chi connectivity index (χ2n) is 3.12. The van der Waals surface area contributed by atoms with Crippen LogP contribution in [0.4, 0.5) is 4.39 Å². The van der Waals surface area contributed by atoms with Crippen molar-refractivity contribution in [1.82, 2.24) is 9.78 Å². The van der Waals surface area contributed by atoms with E-state index < -0.39 is 5.82 Å². The highest BCUT2D eigenvalue weighted by molar-refractivity contribution is 14.1. The maximum Gasteiger partial charge on any atom is 0.141 e. The molecule has 0 aliphatic carbocycles. The lowest BCUT2D eigenvalue weighted by Gasteiger charge is -2.03. The molecule has 1 aromatic heterocycles. The van der Waals surface area contributed by atoms with E-state index in [2.05, 4.69) is 27.7 Å². The molecule has 0 amide bonds. The van der Waals surface area contributed by atoms with Crippen molar-refractivity contribution in [3.63, 3.8) is 0 Å². The van der Waals surface area contributed by atoms with Gasteiger partial charge in [-0.25, -0.2) is 9.07 Å². The van der Waals surface area contributed by atoms with Crippen LogP contribution in [0.1, 0.15) is 5.69 Å². The van der Waals surface area contributed by atoms with Crippen molar-refractivity contribution in [1.29, 1.82) is 0 Å². The van der Waals surface area contributed by atoms with Gasteiger partial charge in [0.2, 0.25) is 0 Å². The van der Waals surface area contributed by atoms with Crippen molar-refractivity contribution in [3.8, 4) is 5.69 Å². The smallest absolute Gasteiger partial charge is 0.141 e. The Hall–Kier alpha value is -0.620. The fourth-order valence-corrected chi connectivity index (χ4v) is 2.28. The van der Waals surface area contributed by atoms with Gasteiger partial charge in [0.05, 0.1) is 16.4 Å². The van der Waals surface area contributed by atoms with Gasteiger partial charge in [-0.15, -0.1) is 0 Å². The van der Waals surface area contributed by atoms with E-state index in [-0.39, 0.29) is 5.02 Å². The number of benzene rings is 1.